The van der Waals surface area contributed by atoms with Crippen LogP contribution in [-0.4, -0.2) is 67.5 Å². The van der Waals surface area contributed by atoms with Crippen molar-refractivity contribution in [3.63, 3.8) is 0 Å². The van der Waals surface area contributed by atoms with Gasteiger partial charge in [0, 0.05) is 38.2 Å². The maximum Gasteiger partial charge on any atom is 0.263 e. The summed E-state index contributed by atoms with van der Waals surface area (Å²) in [6.45, 7) is 0.465. The normalized spacial score (nSPS) is 11.8. The van der Waals surface area contributed by atoms with Crippen LogP contribution in [0.2, 0.25) is 5.02 Å². The van der Waals surface area contributed by atoms with E-state index in [4.69, 9.17) is 11.6 Å². The predicted molar refractivity (Wildman–Crippen MR) is 151 cm³/mol. The fraction of sp³-hybridized carbons (Fsp3) is 0.167. The average molecular weight is 607 g/mol. The van der Waals surface area contributed by atoms with E-state index < -0.39 is 25.9 Å². The zero-order chi connectivity index (χ0) is 28.9. The number of benzene rings is 2. The summed E-state index contributed by atoms with van der Waals surface area (Å²) in [5, 5.41) is 6.03. The third-order valence-corrected chi connectivity index (χ3v) is 8.71. The van der Waals surface area contributed by atoms with Gasteiger partial charge in [0.25, 0.3) is 10.0 Å². The molecule has 2 aromatic carbocycles. The molecule has 4 rings (SSSR count). The zero-order valence-corrected chi connectivity index (χ0v) is 23.6. The molecule has 0 amide bonds. The van der Waals surface area contributed by atoms with Gasteiger partial charge in [-0.2, -0.15) is 4.98 Å². The van der Waals surface area contributed by atoms with Crippen LogP contribution in [-0.2, 0) is 20.0 Å². The molecule has 12 nitrogen and oxygen atoms in total. The second-order valence-electron chi connectivity index (χ2n) is 8.42. The molecular formula is C24H24ClFN8O4S2. The lowest BCUT2D eigenvalue weighted by Gasteiger charge is -2.15. The van der Waals surface area contributed by atoms with E-state index in [1.54, 1.807) is 12.1 Å². The summed E-state index contributed by atoms with van der Waals surface area (Å²) in [5.41, 5.74) is 1.04. The van der Waals surface area contributed by atoms with Gasteiger partial charge in [0.05, 0.1) is 28.2 Å². The smallest absolute Gasteiger partial charge is 0.263 e. The molecule has 3 N–H and O–H groups in total. The first-order valence-corrected chi connectivity index (χ1v) is 15.3. The molecule has 0 saturated carbocycles. The Morgan fingerprint density at radius 1 is 1.02 bits per heavy atom. The number of hydrogen-bond donors (Lipinski definition) is 3. The molecule has 210 valence electrons. The molecule has 0 radical (unpaired) electrons. The van der Waals surface area contributed by atoms with E-state index in [2.05, 4.69) is 35.3 Å². The van der Waals surface area contributed by atoms with Gasteiger partial charge < -0.3 is 10.6 Å². The lowest BCUT2D eigenvalue weighted by molar-refractivity contribution is 0.486. The van der Waals surface area contributed by atoms with Gasteiger partial charge in [-0.15, -0.1) is 0 Å². The maximum atomic E-state index is 14.9. The predicted octanol–water partition coefficient (Wildman–Crippen LogP) is 3.57. The third kappa shape index (κ3) is 7.18. The van der Waals surface area contributed by atoms with Gasteiger partial charge in [0.2, 0.25) is 16.0 Å². The van der Waals surface area contributed by atoms with E-state index >= 15 is 0 Å². The van der Waals surface area contributed by atoms with Crippen molar-refractivity contribution in [1.82, 2.24) is 24.2 Å². The number of hydrogen-bond acceptors (Lipinski definition) is 10. The van der Waals surface area contributed by atoms with E-state index in [0.29, 0.717) is 16.9 Å². The third-order valence-electron chi connectivity index (χ3n) is 5.53. The number of rotatable bonds is 11. The van der Waals surface area contributed by atoms with Crippen molar-refractivity contribution in [1.29, 1.82) is 0 Å². The molecule has 0 aliphatic carbocycles. The van der Waals surface area contributed by atoms with Crippen LogP contribution < -0.4 is 15.4 Å². The number of anilines is 4. The van der Waals surface area contributed by atoms with Crippen LogP contribution in [0.5, 0.6) is 0 Å². The summed E-state index contributed by atoms with van der Waals surface area (Å²) < 4.78 is 66.8. The number of likely N-dealkylation sites (N-methyl/N-ethyl adjacent to an activating group) is 1. The highest BCUT2D eigenvalue weighted by molar-refractivity contribution is 7.92. The van der Waals surface area contributed by atoms with E-state index in [1.807, 2.05) is 0 Å². The lowest BCUT2D eigenvalue weighted by Crippen LogP contribution is -2.30. The molecule has 40 heavy (non-hydrogen) atoms. The summed E-state index contributed by atoms with van der Waals surface area (Å²) in [6, 6.07) is 11.4. The van der Waals surface area contributed by atoms with Crippen LogP contribution in [0.4, 0.5) is 27.4 Å². The molecule has 0 atom stereocenters. The van der Waals surface area contributed by atoms with Gasteiger partial charge in [0.15, 0.2) is 5.82 Å². The minimum Gasteiger partial charge on any atom is -0.355 e. The SMILES string of the molecule is CN(CCNc1ncnc(-c2cnccc2Nc2ccc(NS(=O)(=O)c3ccccc3Cl)c(F)c2)n1)S(C)(=O)=O. The standard InChI is InChI=1S/C24H24ClFN8O4S2/c1-34(39(2,35)36)12-11-28-24-30-15-29-23(32-24)17-14-27-10-9-20(17)31-16-7-8-21(19(26)13-16)33-40(37,38)22-6-4-3-5-18(22)25/h3-10,13-15,33H,11-12H2,1-2H3,(H,27,31)(H,28,29,30,32). The van der Waals surface area contributed by atoms with Crippen molar-refractivity contribution >= 4 is 54.7 Å². The number of nitrogens with zero attached hydrogens (tertiary/aromatic N) is 5. The fourth-order valence-corrected chi connectivity index (χ4v) is 5.39. The van der Waals surface area contributed by atoms with E-state index in [9.17, 15) is 21.2 Å². The molecule has 0 bridgehead atoms. The van der Waals surface area contributed by atoms with E-state index in [-0.39, 0.29) is 40.5 Å². The van der Waals surface area contributed by atoms with Crippen molar-refractivity contribution in [3.05, 3.63) is 78.1 Å². The molecule has 4 aromatic rings. The van der Waals surface area contributed by atoms with Crippen molar-refractivity contribution in [2.75, 3.05) is 41.7 Å². The summed E-state index contributed by atoms with van der Waals surface area (Å²) in [4.78, 5) is 16.6. The van der Waals surface area contributed by atoms with Crippen molar-refractivity contribution in [3.8, 4) is 11.4 Å². The highest BCUT2D eigenvalue weighted by Gasteiger charge is 2.20. The van der Waals surface area contributed by atoms with Gasteiger partial charge in [-0.1, -0.05) is 23.7 Å². The summed E-state index contributed by atoms with van der Waals surface area (Å²) in [6.07, 6.45) is 5.45. The second-order valence-corrected chi connectivity index (χ2v) is 12.6. The summed E-state index contributed by atoms with van der Waals surface area (Å²) in [7, 11) is -5.97. The molecule has 0 saturated heterocycles. The van der Waals surface area contributed by atoms with Gasteiger partial charge in [-0.3, -0.25) is 9.71 Å². The maximum absolute atomic E-state index is 14.9. The van der Waals surface area contributed by atoms with Crippen LogP contribution in [0.25, 0.3) is 11.4 Å². The van der Waals surface area contributed by atoms with Gasteiger partial charge in [-0.05, 0) is 36.4 Å². The molecule has 0 unspecified atom stereocenters. The first-order chi connectivity index (χ1) is 18.9. The number of aromatic nitrogens is 4. The minimum absolute atomic E-state index is 0.0110. The van der Waals surface area contributed by atoms with Crippen LogP contribution in [0.1, 0.15) is 0 Å². The fourth-order valence-electron chi connectivity index (χ4n) is 3.38. The van der Waals surface area contributed by atoms with Gasteiger partial charge in [0.1, 0.15) is 17.0 Å². The molecule has 0 spiro atoms. The molecular weight excluding hydrogens is 583 g/mol. The minimum atomic E-state index is -4.12. The Morgan fingerprint density at radius 2 is 1.80 bits per heavy atom. The van der Waals surface area contributed by atoms with Gasteiger partial charge in [-0.25, -0.2) is 35.5 Å². The Bertz CT molecular complexity index is 1740. The Morgan fingerprint density at radius 3 is 2.52 bits per heavy atom. The highest BCUT2D eigenvalue weighted by Crippen LogP contribution is 2.30. The number of halogens is 2. The molecule has 0 aliphatic heterocycles. The zero-order valence-electron chi connectivity index (χ0n) is 21.2. The molecule has 0 fully saturated rings. The Balaban J connectivity index is 1.50. The highest BCUT2D eigenvalue weighted by atomic mass is 35.5. The first-order valence-electron chi connectivity index (χ1n) is 11.6. The Hall–Kier alpha value is -3.92. The topological polar surface area (TPSA) is 159 Å². The van der Waals surface area contributed by atoms with E-state index in [0.717, 1.165) is 12.3 Å². The molecule has 2 aromatic heterocycles. The first kappa shape index (κ1) is 29.1. The largest absolute Gasteiger partial charge is 0.355 e. The molecule has 0 aliphatic rings. The van der Waals surface area contributed by atoms with E-state index in [1.165, 1.54) is 60.4 Å². The molecule has 2 heterocycles. The monoisotopic (exact) mass is 606 g/mol. The quantitative estimate of drug-likeness (QED) is 0.230. The van der Waals surface area contributed by atoms with Crippen LogP contribution >= 0.6 is 11.6 Å². The van der Waals surface area contributed by atoms with Crippen LogP contribution in [0, 0.1) is 5.82 Å². The number of nitrogens with one attached hydrogen (secondary N) is 3. The van der Waals surface area contributed by atoms with Gasteiger partial charge >= 0.3 is 0 Å². The number of sulfonamides is 2. The Kier molecular flexibility index (Phi) is 8.78. The van der Waals surface area contributed by atoms with Crippen molar-refractivity contribution in [2.45, 2.75) is 4.90 Å². The van der Waals surface area contributed by atoms with Crippen LogP contribution in [0.3, 0.4) is 0 Å². The summed E-state index contributed by atoms with van der Waals surface area (Å²) in [5.74, 6) is -0.334. The van der Waals surface area contributed by atoms with Crippen LogP contribution in [0.15, 0.2) is 72.1 Å². The Labute approximate surface area is 235 Å². The lowest BCUT2D eigenvalue weighted by atomic mass is 10.2. The van der Waals surface area contributed by atoms with Crippen molar-refractivity contribution in [2.24, 2.45) is 0 Å². The van der Waals surface area contributed by atoms with Crippen molar-refractivity contribution < 1.29 is 21.2 Å². The average Bonchev–Trinajstić information content (AvgIpc) is 2.90. The summed E-state index contributed by atoms with van der Waals surface area (Å²) >= 11 is 5.99. The number of pyridine rings is 1. The second kappa shape index (κ2) is 12.1. The molecule has 16 heteroatoms.